The van der Waals surface area contributed by atoms with Gasteiger partial charge in [-0.05, 0) is 48.5 Å². The number of hydrogen-bond acceptors (Lipinski definition) is 2. The normalized spacial score (nSPS) is 10.6. The average molecular weight is 326 g/mol. The molecule has 0 N–H and O–H groups in total. The first kappa shape index (κ1) is 15.2. The molecule has 120 valence electrons. The summed E-state index contributed by atoms with van der Waals surface area (Å²) in [6, 6.07) is 26.3. The second kappa shape index (κ2) is 6.65. The molecule has 2 heterocycles. The molecule has 0 saturated heterocycles. The Kier molecular flexibility index (Phi) is 4.05. The number of hydrogen-bond donors (Lipinski definition) is 0. The van der Waals surface area contributed by atoms with Gasteiger partial charge in [0.15, 0.2) is 0 Å². The molecule has 0 spiro atoms. The second-order valence-electron chi connectivity index (χ2n) is 5.71. The van der Waals surface area contributed by atoms with Gasteiger partial charge in [0.25, 0.3) is 0 Å². The molecule has 0 aliphatic carbocycles. The van der Waals surface area contributed by atoms with Crippen LogP contribution in [0, 0.1) is 5.82 Å². The lowest BCUT2D eigenvalue weighted by Crippen LogP contribution is -1.90. The van der Waals surface area contributed by atoms with E-state index in [1.54, 1.807) is 18.3 Å². The summed E-state index contributed by atoms with van der Waals surface area (Å²) in [6.07, 6.45) is 1.80. The van der Waals surface area contributed by atoms with E-state index in [9.17, 15) is 4.39 Å². The van der Waals surface area contributed by atoms with Gasteiger partial charge in [-0.2, -0.15) is 0 Å². The highest BCUT2D eigenvalue weighted by atomic mass is 19.1. The lowest BCUT2D eigenvalue weighted by Gasteiger charge is -2.07. The van der Waals surface area contributed by atoms with Crippen LogP contribution in [0.2, 0.25) is 0 Å². The molecule has 0 bridgehead atoms. The molecule has 0 saturated carbocycles. The molecule has 0 radical (unpaired) electrons. The third kappa shape index (κ3) is 3.31. The SMILES string of the molecule is Fc1ccc(-c2cccc(-c3ccnc(-c4ccccc4)c3)n2)cc1. The number of aromatic nitrogens is 2. The first-order valence-corrected chi connectivity index (χ1v) is 8.04. The van der Waals surface area contributed by atoms with E-state index in [2.05, 4.69) is 4.98 Å². The first-order valence-electron chi connectivity index (χ1n) is 8.04. The van der Waals surface area contributed by atoms with Crippen molar-refractivity contribution in [3.05, 3.63) is 96.9 Å². The maximum absolute atomic E-state index is 13.1. The molecule has 0 fully saturated rings. The van der Waals surface area contributed by atoms with E-state index in [1.165, 1.54) is 12.1 Å². The molecule has 0 amide bonds. The van der Waals surface area contributed by atoms with Crippen molar-refractivity contribution in [1.29, 1.82) is 0 Å². The van der Waals surface area contributed by atoms with Crippen molar-refractivity contribution in [3.8, 4) is 33.8 Å². The van der Waals surface area contributed by atoms with Gasteiger partial charge < -0.3 is 0 Å². The molecule has 0 aliphatic rings. The number of pyridine rings is 2. The number of rotatable bonds is 3. The van der Waals surface area contributed by atoms with Gasteiger partial charge in [0, 0.05) is 22.9 Å². The van der Waals surface area contributed by atoms with Crippen molar-refractivity contribution in [2.24, 2.45) is 0 Å². The van der Waals surface area contributed by atoms with Crippen LogP contribution in [-0.4, -0.2) is 9.97 Å². The third-order valence-corrected chi connectivity index (χ3v) is 4.01. The van der Waals surface area contributed by atoms with Gasteiger partial charge in [0.05, 0.1) is 17.1 Å². The van der Waals surface area contributed by atoms with Crippen LogP contribution in [0.5, 0.6) is 0 Å². The first-order chi connectivity index (χ1) is 12.3. The van der Waals surface area contributed by atoms with Crippen LogP contribution >= 0.6 is 0 Å². The predicted octanol–water partition coefficient (Wildman–Crippen LogP) is 5.62. The Balaban J connectivity index is 1.73. The summed E-state index contributed by atoms with van der Waals surface area (Å²) < 4.78 is 13.1. The van der Waals surface area contributed by atoms with Gasteiger partial charge in [0.2, 0.25) is 0 Å². The molecule has 2 nitrogen and oxygen atoms in total. The summed E-state index contributed by atoms with van der Waals surface area (Å²) in [6.45, 7) is 0. The summed E-state index contributed by atoms with van der Waals surface area (Å²) in [5.74, 6) is -0.249. The molecular weight excluding hydrogens is 311 g/mol. The van der Waals surface area contributed by atoms with Gasteiger partial charge in [-0.15, -0.1) is 0 Å². The molecule has 0 aliphatic heterocycles. The quantitative estimate of drug-likeness (QED) is 0.488. The lowest BCUT2D eigenvalue weighted by atomic mass is 10.1. The summed E-state index contributed by atoms with van der Waals surface area (Å²) in [5.41, 5.74) is 5.54. The second-order valence-corrected chi connectivity index (χ2v) is 5.71. The fourth-order valence-electron chi connectivity index (χ4n) is 2.73. The fraction of sp³-hybridized carbons (Fsp3) is 0. The van der Waals surface area contributed by atoms with Crippen LogP contribution in [-0.2, 0) is 0 Å². The van der Waals surface area contributed by atoms with Crippen LogP contribution in [0.1, 0.15) is 0 Å². The zero-order valence-electron chi connectivity index (χ0n) is 13.4. The molecule has 4 aromatic rings. The molecule has 0 atom stereocenters. The molecule has 4 rings (SSSR count). The highest BCUT2D eigenvalue weighted by molar-refractivity contribution is 5.70. The van der Waals surface area contributed by atoms with Gasteiger partial charge in [-0.25, -0.2) is 9.37 Å². The fourth-order valence-corrected chi connectivity index (χ4v) is 2.73. The van der Waals surface area contributed by atoms with E-state index in [0.29, 0.717) is 0 Å². The minimum atomic E-state index is -0.249. The average Bonchev–Trinajstić information content (AvgIpc) is 2.69. The highest BCUT2D eigenvalue weighted by Crippen LogP contribution is 2.25. The molecule has 2 aromatic heterocycles. The Labute approximate surface area is 145 Å². The van der Waals surface area contributed by atoms with Crippen molar-refractivity contribution in [2.45, 2.75) is 0 Å². The van der Waals surface area contributed by atoms with Crippen LogP contribution in [0.4, 0.5) is 4.39 Å². The zero-order chi connectivity index (χ0) is 17.1. The summed E-state index contributed by atoms with van der Waals surface area (Å²) in [5, 5.41) is 0. The van der Waals surface area contributed by atoms with E-state index in [-0.39, 0.29) is 5.82 Å². The van der Waals surface area contributed by atoms with Crippen molar-refractivity contribution in [3.63, 3.8) is 0 Å². The Morgan fingerprint density at radius 3 is 2.00 bits per heavy atom. The largest absolute Gasteiger partial charge is 0.256 e. The molecular formula is C22H15FN2. The van der Waals surface area contributed by atoms with Crippen LogP contribution in [0.25, 0.3) is 33.8 Å². The summed E-state index contributed by atoms with van der Waals surface area (Å²) in [4.78, 5) is 9.18. The van der Waals surface area contributed by atoms with Crippen molar-refractivity contribution >= 4 is 0 Å². The van der Waals surface area contributed by atoms with E-state index < -0.39 is 0 Å². The maximum atomic E-state index is 13.1. The van der Waals surface area contributed by atoms with Gasteiger partial charge in [-0.3, -0.25) is 4.98 Å². The highest BCUT2D eigenvalue weighted by Gasteiger charge is 2.06. The standard InChI is InChI=1S/C22H15FN2/c23-19-11-9-17(10-12-19)20-7-4-8-21(25-20)18-13-14-24-22(15-18)16-5-2-1-3-6-16/h1-15H. The summed E-state index contributed by atoms with van der Waals surface area (Å²) >= 11 is 0. The Morgan fingerprint density at radius 2 is 1.24 bits per heavy atom. The Bertz CT molecular complexity index is 996. The maximum Gasteiger partial charge on any atom is 0.123 e. The smallest absolute Gasteiger partial charge is 0.123 e. The minimum Gasteiger partial charge on any atom is -0.256 e. The minimum absolute atomic E-state index is 0.249. The van der Waals surface area contributed by atoms with Crippen molar-refractivity contribution in [1.82, 2.24) is 9.97 Å². The van der Waals surface area contributed by atoms with Gasteiger partial charge in [-0.1, -0.05) is 36.4 Å². The van der Waals surface area contributed by atoms with E-state index in [0.717, 1.165) is 33.8 Å². The zero-order valence-corrected chi connectivity index (χ0v) is 13.4. The Morgan fingerprint density at radius 1 is 0.560 bits per heavy atom. The van der Waals surface area contributed by atoms with Crippen LogP contribution in [0.3, 0.4) is 0 Å². The van der Waals surface area contributed by atoms with Gasteiger partial charge >= 0.3 is 0 Å². The van der Waals surface area contributed by atoms with E-state index in [1.807, 2.05) is 60.7 Å². The molecule has 2 aromatic carbocycles. The number of benzene rings is 2. The Hall–Kier alpha value is -3.33. The van der Waals surface area contributed by atoms with Crippen LogP contribution in [0.15, 0.2) is 91.1 Å². The molecule has 0 unspecified atom stereocenters. The van der Waals surface area contributed by atoms with Crippen LogP contribution < -0.4 is 0 Å². The van der Waals surface area contributed by atoms with E-state index >= 15 is 0 Å². The molecule has 25 heavy (non-hydrogen) atoms. The monoisotopic (exact) mass is 326 g/mol. The van der Waals surface area contributed by atoms with Crippen molar-refractivity contribution in [2.75, 3.05) is 0 Å². The summed E-state index contributed by atoms with van der Waals surface area (Å²) in [7, 11) is 0. The van der Waals surface area contributed by atoms with E-state index in [4.69, 9.17) is 4.98 Å². The van der Waals surface area contributed by atoms with Crippen molar-refractivity contribution < 1.29 is 4.39 Å². The number of halogens is 1. The topological polar surface area (TPSA) is 25.8 Å². The van der Waals surface area contributed by atoms with Gasteiger partial charge in [0.1, 0.15) is 5.82 Å². The number of nitrogens with zero attached hydrogens (tertiary/aromatic N) is 2. The third-order valence-electron chi connectivity index (χ3n) is 4.01. The predicted molar refractivity (Wildman–Crippen MR) is 98.3 cm³/mol. The lowest BCUT2D eigenvalue weighted by molar-refractivity contribution is 0.628. The molecule has 3 heteroatoms.